The van der Waals surface area contributed by atoms with E-state index >= 15 is 0 Å². The van der Waals surface area contributed by atoms with E-state index in [2.05, 4.69) is 30.9 Å². The monoisotopic (exact) mass is 203 g/mol. The van der Waals surface area contributed by atoms with Crippen LogP contribution >= 0.6 is 0 Å². The van der Waals surface area contributed by atoms with Crippen molar-refractivity contribution in [2.45, 2.75) is 26.2 Å². The number of rotatable bonds is 1. The van der Waals surface area contributed by atoms with Crippen LogP contribution in [0.3, 0.4) is 0 Å². The Morgan fingerprint density at radius 1 is 1.33 bits per heavy atom. The van der Waals surface area contributed by atoms with Crippen molar-refractivity contribution in [2.24, 2.45) is 0 Å². The molecule has 0 radical (unpaired) electrons. The van der Waals surface area contributed by atoms with E-state index in [0.29, 0.717) is 5.69 Å². The molecule has 2 aromatic rings. The fraction of sp³-hybridized carbons (Fsp3) is 0.364. The van der Waals surface area contributed by atoms with Crippen LogP contribution in [0.1, 0.15) is 37.0 Å². The first-order valence-corrected chi connectivity index (χ1v) is 4.83. The minimum absolute atomic E-state index is 0.00492. The second-order valence-electron chi connectivity index (χ2n) is 4.55. The van der Waals surface area contributed by atoms with E-state index in [1.807, 2.05) is 6.20 Å². The molecule has 0 spiro atoms. The highest BCUT2D eigenvalue weighted by atomic mass is 16.1. The minimum Gasteiger partial charge on any atom is -0.296 e. The Hall–Kier alpha value is -1.71. The van der Waals surface area contributed by atoms with E-state index in [0.717, 1.165) is 17.6 Å². The summed E-state index contributed by atoms with van der Waals surface area (Å²) in [5, 5.41) is 4.11. The van der Waals surface area contributed by atoms with E-state index in [1.165, 1.54) is 0 Å². The van der Waals surface area contributed by atoms with Gasteiger partial charge in [0.25, 0.3) is 0 Å². The van der Waals surface area contributed by atoms with E-state index in [4.69, 9.17) is 0 Å². The van der Waals surface area contributed by atoms with Gasteiger partial charge in [0.2, 0.25) is 0 Å². The van der Waals surface area contributed by atoms with Gasteiger partial charge in [-0.3, -0.25) is 4.79 Å². The maximum Gasteiger partial charge on any atom is 0.170 e. The van der Waals surface area contributed by atoms with Gasteiger partial charge in [0.05, 0.1) is 11.9 Å². The fourth-order valence-electron chi connectivity index (χ4n) is 1.32. The number of hydrogen-bond acceptors (Lipinski definition) is 3. The van der Waals surface area contributed by atoms with Crippen molar-refractivity contribution in [3.8, 4) is 0 Å². The minimum atomic E-state index is -0.00492. The lowest BCUT2D eigenvalue weighted by Crippen LogP contribution is -2.11. The molecule has 0 saturated carbocycles. The van der Waals surface area contributed by atoms with Gasteiger partial charge in [-0.1, -0.05) is 20.8 Å². The first-order chi connectivity index (χ1) is 7.00. The molecule has 2 rings (SSSR count). The highest BCUT2D eigenvalue weighted by molar-refractivity contribution is 5.71. The van der Waals surface area contributed by atoms with Crippen LogP contribution in [0.25, 0.3) is 5.65 Å². The highest BCUT2D eigenvalue weighted by Crippen LogP contribution is 2.20. The zero-order valence-corrected chi connectivity index (χ0v) is 9.06. The van der Waals surface area contributed by atoms with Crippen molar-refractivity contribution in [3.05, 3.63) is 29.7 Å². The summed E-state index contributed by atoms with van der Waals surface area (Å²) in [6, 6.07) is 3.47. The van der Waals surface area contributed by atoms with E-state index < -0.39 is 0 Å². The molecular weight excluding hydrogens is 190 g/mol. The summed E-state index contributed by atoms with van der Waals surface area (Å²) in [6.45, 7) is 6.28. The van der Waals surface area contributed by atoms with Crippen LogP contribution < -0.4 is 0 Å². The summed E-state index contributed by atoms with van der Waals surface area (Å²) in [7, 11) is 0. The maximum absolute atomic E-state index is 10.6. The fourth-order valence-corrected chi connectivity index (χ4v) is 1.32. The summed E-state index contributed by atoms with van der Waals surface area (Å²) in [4.78, 5) is 15.0. The standard InChI is InChI=1S/C11H13N3O/c1-11(2,3)9-6-14-10(12-9)5-4-8(7-15)13-14/h4-7H,1-3H3. The number of imidazole rings is 1. The Morgan fingerprint density at radius 2 is 2.07 bits per heavy atom. The molecule has 4 nitrogen and oxygen atoms in total. The van der Waals surface area contributed by atoms with Crippen molar-refractivity contribution in [1.82, 2.24) is 14.6 Å². The Bertz CT molecular complexity index is 508. The van der Waals surface area contributed by atoms with Crippen LogP contribution in [0, 0.1) is 0 Å². The van der Waals surface area contributed by atoms with Crippen LogP contribution in [0.5, 0.6) is 0 Å². The van der Waals surface area contributed by atoms with Crippen LogP contribution in [0.2, 0.25) is 0 Å². The highest BCUT2D eigenvalue weighted by Gasteiger charge is 2.17. The van der Waals surface area contributed by atoms with Gasteiger partial charge >= 0.3 is 0 Å². The van der Waals surface area contributed by atoms with Gasteiger partial charge in [-0.2, -0.15) is 5.10 Å². The molecule has 0 aliphatic carbocycles. The topological polar surface area (TPSA) is 47.3 Å². The number of nitrogens with zero attached hydrogens (tertiary/aromatic N) is 3. The van der Waals surface area contributed by atoms with Gasteiger partial charge in [0.15, 0.2) is 11.9 Å². The third-order valence-corrected chi connectivity index (χ3v) is 2.23. The molecule has 2 aromatic heterocycles. The molecule has 0 amide bonds. The van der Waals surface area contributed by atoms with Crippen LogP contribution in [-0.2, 0) is 5.41 Å². The first-order valence-electron chi connectivity index (χ1n) is 4.83. The van der Waals surface area contributed by atoms with Crippen LogP contribution in [0.15, 0.2) is 18.3 Å². The zero-order chi connectivity index (χ0) is 11.1. The predicted octanol–water partition coefficient (Wildman–Crippen LogP) is 1.84. The normalized spacial score (nSPS) is 11.9. The van der Waals surface area contributed by atoms with Crippen LogP contribution in [0.4, 0.5) is 0 Å². The number of carbonyl (C=O) groups is 1. The Kier molecular flexibility index (Phi) is 2.07. The Morgan fingerprint density at radius 3 is 2.67 bits per heavy atom. The molecule has 0 N–H and O–H groups in total. The molecule has 0 aliphatic heterocycles. The summed E-state index contributed by atoms with van der Waals surface area (Å²) >= 11 is 0. The summed E-state index contributed by atoms with van der Waals surface area (Å²) < 4.78 is 1.64. The predicted molar refractivity (Wildman–Crippen MR) is 57.1 cm³/mol. The third-order valence-electron chi connectivity index (χ3n) is 2.23. The molecule has 0 atom stereocenters. The Labute approximate surface area is 87.9 Å². The lowest BCUT2D eigenvalue weighted by Gasteiger charge is -2.13. The number of fused-ring (bicyclic) bond motifs is 1. The molecule has 0 fully saturated rings. The van der Waals surface area contributed by atoms with Crippen LogP contribution in [-0.4, -0.2) is 20.9 Å². The van der Waals surface area contributed by atoms with Gasteiger partial charge in [-0.15, -0.1) is 0 Å². The molecule has 0 bridgehead atoms. The lowest BCUT2D eigenvalue weighted by molar-refractivity contribution is 0.111. The first kappa shape index (κ1) is 9.83. The van der Waals surface area contributed by atoms with E-state index in [1.54, 1.807) is 16.6 Å². The smallest absolute Gasteiger partial charge is 0.170 e. The van der Waals surface area contributed by atoms with Gasteiger partial charge in [0, 0.05) is 5.41 Å². The average molecular weight is 203 g/mol. The van der Waals surface area contributed by atoms with Crippen molar-refractivity contribution in [2.75, 3.05) is 0 Å². The molecular formula is C11H13N3O. The molecule has 4 heteroatoms. The molecule has 0 aliphatic rings. The summed E-state index contributed by atoms with van der Waals surface area (Å²) in [5.41, 5.74) is 2.15. The SMILES string of the molecule is CC(C)(C)c1cn2nc(C=O)ccc2n1. The summed E-state index contributed by atoms with van der Waals surface area (Å²) in [6.07, 6.45) is 2.60. The average Bonchev–Trinajstić information content (AvgIpc) is 2.59. The molecule has 0 aromatic carbocycles. The van der Waals surface area contributed by atoms with E-state index in [-0.39, 0.29) is 5.41 Å². The molecule has 2 heterocycles. The molecule has 78 valence electrons. The lowest BCUT2D eigenvalue weighted by atomic mass is 9.93. The van der Waals surface area contributed by atoms with Gasteiger partial charge < -0.3 is 0 Å². The molecule has 0 unspecified atom stereocenters. The number of carbonyl (C=O) groups excluding carboxylic acids is 1. The largest absolute Gasteiger partial charge is 0.296 e. The van der Waals surface area contributed by atoms with Gasteiger partial charge in [-0.05, 0) is 12.1 Å². The van der Waals surface area contributed by atoms with Crippen molar-refractivity contribution >= 4 is 11.9 Å². The number of hydrogen-bond donors (Lipinski definition) is 0. The Balaban J connectivity index is 2.61. The van der Waals surface area contributed by atoms with Gasteiger partial charge in [-0.25, -0.2) is 9.50 Å². The summed E-state index contributed by atoms with van der Waals surface area (Å²) in [5.74, 6) is 0. The number of aromatic nitrogens is 3. The van der Waals surface area contributed by atoms with Crippen molar-refractivity contribution < 1.29 is 4.79 Å². The second-order valence-corrected chi connectivity index (χ2v) is 4.55. The van der Waals surface area contributed by atoms with Crippen molar-refractivity contribution in [1.29, 1.82) is 0 Å². The maximum atomic E-state index is 10.6. The van der Waals surface area contributed by atoms with Crippen molar-refractivity contribution in [3.63, 3.8) is 0 Å². The van der Waals surface area contributed by atoms with Gasteiger partial charge in [0.1, 0.15) is 5.69 Å². The molecule has 0 saturated heterocycles. The zero-order valence-electron chi connectivity index (χ0n) is 9.06. The second kappa shape index (κ2) is 3.15. The third kappa shape index (κ3) is 1.75. The quantitative estimate of drug-likeness (QED) is 0.664. The number of aldehydes is 1. The molecule has 15 heavy (non-hydrogen) atoms. The van der Waals surface area contributed by atoms with E-state index in [9.17, 15) is 4.79 Å².